The Bertz CT molecular complexity index is 613. The molecule has 2 rings (SSSR count). The van der Waals surface area contributed by atoms with Gasteiger partial charge in [0.15, 0.2) is 0 Å². The SMILES string of the molecule is CCN(c1cccc(F)c1)c1cccc(OC)c1[C@@H](C)N. The van der Waals surface area contributed by atoms with Crippen LogP contribution in [0.3, 0.4) is 0 Å². The van der Waals surface area contributed by atoms with E-state index in [-0.39, 0.29) is 11.9 Å². The first-order chi connectivity index (χ1) is 10.1. The van der Waals surface area contributed by atoms with Gasteiger partial charge in [0.1, 0.15) is 11.6 Å². The van der Waals surface area contributed by atoms with Crippen molar-refractivity contribution in [1.29, 1.82) is 0 Å². The highest BCUT2D eigenvalue weighted by molar-refractivity contribution is 5.69. The number of anilines is 2. The van der Waals surface area contributed by atoms with Crippen LogP contribution >= 0.6 is 0 Å². The van der Waals surface area contributed by atoms with Crippen molar-refractivity contribution in [3.8, 4) is 5.75 Å². The Labute approximate surface area is 125 Å². The Kier molecular flexibility index (Phi) is 4.81. The van der Waals surface area contributed by atoms with Crippen LogP contribution in [-0.4, -0.2) is 13.7 Å². The average Bonchev–Trinajstić information content (AvgIpc) is 2.47. The minimum atomic E-state index is -0.254. The molecule has 0 heterocycles. The zero-order valence-corrected chi connectivity index (χ0v) is 12.6. The van der Waals surface area contributed by atoms with E-state index in [0.29, 0.717) is 6.54 Å². The van der Waals surface area contributed by atoms with Crippen LogP contribution in [0.1, 0.15) is 25.5 Å². The van der Waals surface area contributed by atoms with Crippen molar-refractivity contribution in [2.24, 2.45) is 5.73 Å². The molecule has 2 aromatic rings. The van der Waals surface area contributed by atoms with Gasteiger partial charge in [0.25, 0.3) is 0 Å². The van der Waals surface area contributed by atoms with Crippen molar-refractivity contribution in [2.45, 2.75) is 19.9 Å². The second-order valence-corrected chi connectivity index (χ2v) is 4.91. The summed E-state index contributed by atoms with van der Waals surface area (Å²) in [5, 5.41) is 0. The van der Waals surface area contributed by atoms with Crippen LogP contribution in [0.4, 0.5) is 15.8 Å². The summed E-state index contributed by atoms with van der Waals surface area (Å²) in [6, 6.07) is 12.2. The number of halogens is 1. The van der Waals surface area contributed by atoms with Gasteiger partial charge in [-0.15, -0.1) is 0 Å². The highest BCUT2D eigenvalue weighted by Crippen LogP contribution is 2.37. The molecule has 1 atom stereocenters. The molecule has 0 saturated heterocycles. The van der Waals surface area contributed by atoms with Gasteiger partial charge in [-0.25, -0.2) is 4.39 Å². The van der Waals surface area contributed by atoms with Crippen molar-refractivity contribution in [2.75, 3.05) is 18.6 Å². The first kappa shape index (κ1) is 15.3. The molecule has 0 radical (unpaired) electrons. The van der Waals surface area contributed by atoms with Crippen LogP contribution in [0.25, 0.3) is 0 Å². The fourth-order valence-corrected chi connectivity index (χ4v) is 2.54. The predicted octanol–water partition coefficient (Wildman–Crippen LogP) is 4.01. The summed E-state index contributed by atoms with van der Waals surface area (Å²) in [6.07, 6.45) is 0. The van der Waals surface area contributed by atoms with Crippen LogP contribution in [0, 0.1) is 5.82 Å². The van der Waals surface area contributed by atoms with Crippen molar-refractivity contribution in [1.82, 2.24) is 0 Å². The Morgan fingerprint density at radius 1 is 1.24 bits per heavy atom. The van der Waals surface area contributed by atoms with Gasteiger partial charge in [-0.2, -0.15) is 0 Å². The molecule has 0 aliphatic heterocycles. The molecule has 112 valence electrons. The molecular weight excluding hydrogens is 267 g/mol. The Morgan fingerprint density at radius 3 is 2.52 bits per heavy atom. The van der Waals surface area contributed by atoms with Crippen molar-refractivity contribution >= 4 is 11.4 Å². The molecular formula is C17H21FN2O. The van der Waals surface area contributed by atoms with E-state index in [1.807, 2.05) is 43.0 Å². The number of benzene rings is 2. The lowest BCUT2D eigenvalue weighted by Crippen LogP contribution is -2.20. The maximum Gasteiger partial charge on any atom is 0.125 e. The van der Waals surface area contributed by atoms with Crippen LogP contribution in [0.5, 0.6) is 5.75 Å². The molecule has 3 nitrogen and oxygen atoms in total. The number of hydrogen-bond acceptors (Lipinski definition) is 3. The molecule has 0 bridgehead atoms. The average molecular weight is 288 g/mol. The number of rotatable bonds is 5. The van der Waals surface area contributed by atoms with E-state index in [0.717, 1.165) is 22.7 Å². The highest BCUT2D eigenvalue weighted by atomic mass is 19.1. The molecule has 2 aromatic carbocycles. The zero-order valence-electron chi connectivity index (χ0n) is 12.6. The highest BCUT2D eigenvalue weighted by Gasteiger charge is 2.18. The standard InChI is InChI=1S/C17H21FN2O/c1-4-20(14-8-5-7-13(18)11-14)15-9-6-10-16(21-3)17(15)12(2)19/h5-12H,4,19H2,1-3H3/t12-/m1/s1. The molecule has 0 saturated carbocycles. The molecule has 21 heavy (non-hydrogen) atoms. The molecule has 0 amide bonds. The Balaban J connectivity index is 2.57. The quantitative estimate of drug-likeness (QED) is 0.903. The fourth-order valence-electron chi connectivity index (χ4n) is 2.54. The largest absolute Gasteiger partial charge is 0.496 e. The summed E-state index contributed by atoms with van der Waals surface area (Å²) < 4.78 is 18.9. The van der Waals surface area contributed by atoms with E-state index >= 15 is 0 Å². The van der Waals surface area contributed by atoms with E-state index in [9.17, 15) is 4.39 Å². The third kappa shape index (κ3) is 3.16. The molecule has 0 aliphatic carbocycles. The predicted molar refractivity (Wildman–Crippen MR) is 84.7 cm³/mol. The molecule has 0 unspecified atom stereocenters. The lowest BCUT2D eigenvalue weighted by atomic mass is 10.0. The zero-order chi connectivity index (χ0) is 15.4. The Hall–Kier alpha value is -2.07. The van der Waals surface area contributed by atoms with E-state index in [4.69, 9.17) is 10.5 Å². The summed E-state index contributed by atoms with van der Waals surface area (Å²) in [7, 11) is 1.63. The third-order valence-corrected chi connectivity index (χ3v) is 3.45. The van der Waals surface area contributed by atoms with Gasteiger partial charge in [0, 0.05) is 29.5 Å². The normalized spacial score (nSPS) is 12.0. The van der Waals surface area contributed by atoms with Crippen molar-refractivity contribution < 1.29 is 9.13 Å². The van der Waals surface area contributed by atoms with Crippen LogP contribution in [0.15, 0.2) is 42.5 Å². The summed E-state index contributed by atoms with van der Waals surface area (Å²) in [4.78, 5) is 2.03. The number of nitrogens with two attached hydrogens (primary N) is 1. The van der Waals surface area contributed by atoms with Gasteiger partial charge in [-0.05, 0) is 44.2 Å². The minimum absolute atomic E-state index is 0.182. The lowest BCUT2D eigenvalue weighted by molar-refractivity contribution is 0.407. The summed E-state index contributed by atoms with van der Waals surface area (Å²) in [5.74, 6) is 0.494. The smallest absolute Gasteiger partial charge is 0.125 e. The summed E-state index contributed by atoms with van der Waals surface area (Å²) >= 11 is 0. The Morgan fingerprint density at radius 2 is 1.95 bits per heavy atom. The number of methoxy groups -OCH3 is 1. The maximum absolute atomic E-state index is 13.5. The molecule has 2 N–H and O–H groups in total. The van der Waals surface area contributed by atoms with Gasteiger partial charge < -0.3 is 15.4 Å². The maximum atomic E-state index is 13.5. The molecule has 0 fully saturated rings. The molecule has 0 aliphatic rings. The molecule has 0 spiro atoms. The second-order valence-electron chi connectivity index (χ2n) is 4.91. The van der Waals surface area contributed by atoms with Crippen LogP contribution < -0.4 is 15.4 Å². The second kappa shape index (κ2) is 6.59. The summed E-state index contributed by atoms with van der Waals surface area (Å²) in [5.41, 5.74) is 8.77. The van der Waals surface area contributed by atoms with Gasteiger partial charge in [0.05, 0.1) is 7.11 Å². The first-order valence-electron chi connectivity index (χ1n) is 7.04. The van der Waals surface area contributed by atoms with E-state index in [1.54, 1.807) is 13.2 Å². The lowest BCUT2D eigenvalue weighted by Gasteiger charge is -2.28. The third-order valence-electron chi connectivity index (χ3n) is 3.45. The number of hydrogen-bond donors (Lipinski definition) is 1. The van der Waals surface area contributed by atoms with Crippen molar-refractivity contribution in [3.05, 3.63) is 53.8 Å². The van der Waals surface area contributed by atoms with Gasteiger partial charge in [0.2, 0.25) is 0 Å². The number of ether oxygens (including phenoxy) is 1. The minimum Gasteiger partial charge on any atom is -0.496 e. The van der Waals surface area contributed by atoms with Crippen LogP contribution in [-0.2, 0) is 0 Å². The van der Waals surface area contributed by atoms with E-state index in [2.05, 4.69) is 0 Å². The van der Waals surface area contributed by atoms with Crippen molar-refractivity contribution in [3.63, 3.8) is 0 Å². The monoisotopic (exact) mass is 288 g/mol. The first-order valence-corrected chi connectivity index (χ1v) is 7.04. The van der Waals surface area contributed by atoms with Gasteiger partial charge in [-0.3, -0.25) is 0 Å². The van der Waals surface area contributed by atoms with Gasteiger partial charge >= 0.3 is 0 Å². The fraction of sp³-hybridized carbons (Fsp3) is 0.294. The summed E-state index contributed by atoms with van der Waals surface area (Å²) in [6.45, 7) is 4.65. The van der Waals surface area contributed by atoms with E-state index in [1.165, 1.54) is 12.1 Å². The van der Waals surface area contributed by atoms with Crippen LogP contribution in [0.2, 0.25) is 0 Å². The number of nitrogens with zero attached hydrogens (tertiary/aromatic N) is 1. The van der Waals surface area contributed by atoms with Gasteiger partial charge in [-0.1, -0.05) is 12.1 Å². The molecule has 4 heteroatoms. The van der Waals surface area contributed by atoms with E-state index < -0.39 is 0 Å². The topological polar surface area (TPSA) is 38.5 Å². The molecule has 0 aromatic heterocycles.